The Morgan fingerprint density at radius 2 is 2.00 bits per heavy atom. The molecular formula is C14H15N. The van der Waals surface area contributed by atoms with E-state index in [1.165, 1.54) is 23.4 Å². The van der Waals surface area contributed by atoms with Crippen LogP contribution in [-0.4, -0.2) is 0 Å². The van der Waals surface area contributed by atoms with Crippen molar-refractivity contribution >= 4 is 5.69 Å². The molecule has 1 N–H and O–H groups in total. The van der Waals surface area contributed by atoms with Crippen molar-refractivity contribution in [3.05, 3.63) is 53.8 Å². The summed E-state index contributed by atoms with van der Waals surface area (Å²) in [5, 5.41) is 3.45. The van der Waals surface area contributed by atoms with Crippen molar-refractivity contribution < 1.29 is 0 Å². The summed E-state index contributed by atoms with van der Waals surface area (Å²) < 4.78 is 0. The molecule has 0 bridgehead atoms. The van der Waals surface area contributed by atoms with Gasteiger partial charge in [-0.25, -0.2) is 0 Å². The molecule has 0 spiro atoms. The van der Waals surface area contributed by atoms with Crippen LogP contribution in [0.1, 0.15) is 13.3 Å². The zero-order chi connectivity index (χ0) is 10.3. The normalized spacial score (nSPS) is 27.5. The van der Waals surface area contributed by atoms with Crippen LogP contribution in [0.5, 0.6) is 0 Å². The molecule has 1 aromatic carbocycles. The molecule has 1 fully saturated rings. The third-order valence-corrected chi connectivity index (χ3v) is 3.26. The molecule has 2 aliphatic rings. The van der Waals surface area contributed by atoms with Gasteiger partial charge in [0.25, 0.3) is 0 Å². The minimum Gasteiger partial charge on any atom is -0.356 e. The van der Waals surface area contributed by atoms with E-state index in [1.54, 1.807) is 0 Å². The maximum Gasteiger partial charge on any atom is 0.0384 e. The zero-order valence-corrected chi connectivity index (χ0v) is 8.90. The number of anilines is 1. The monoisotopic (exact) mass is 197 g/mol. The molecule has 0 saturated heterocycles. The SMILES string of the molecule is CC1=CC(Nc2ccccc2)=CC2CC12. The second-order valence-corrected chi connectivity index (χ2v) is 4.51. The molecular weight excluding hydrogens is 182 g/mol. The molecule has 0 aliphatic heterocycles. The summed E-state index contributed by atoms with van der Waals surface area (Å²) in [6.45, 7) is 2.24. The number of fused-ring (bicyclic) bond motifs is 1. The van der Waals surface area contributed by atoms with Gasteiger partial charge in [0, 0.05) is 11.4 Å². The summed E-state index contributed by atoms with van der Waals surface area (Å²) in [5.74, 6) is 1.66. The topological polar surface area (TPSA) is 12.0 Å². The first-order chi connectivity index (χ1) is 7.33. The number of rotatable bonds is 2. The molecule has 1 nitrogen and oxygen atoms in total. The third kappa shape index (κ3) is 1.70. The average Bonchev–Trinajstić information content (AvgIpc) is 2.99. The molecule has 0 radical (unpaired) electrons. The third-order valence-electron chi connectivity index (χ3n) is 3.26. The van der Waals surface area contributed by atoms with E-state index in [2.05, 4.69) is 48.7 Å². The van der Waals surface area contributed by atoms with E-state index in [9.17, 15) is 0 Å². The minimum absolute atomic E-state index is 0.807. The first kappa shape index (κ1) is 8.78. The molecule has 0 heterocycles. The summed E-state index contributed by atoms with van der Waals surface area (Å²) in [7, 11) is 0. The predicted octanol–water partition coefficient (Wildman–Crippen LogP) is 3.58. The molecule has 1 heteroatoms. The first-order valence-electron chi connectivity index (χ1n) is 5.55. The zero-order valence-electron chi connectivity index (χ0n) is 8.90. The van der Waals surface area contributed by atoms with Crippen molar-refractivity contribution in [1.82, 2.24) is 0 Å². The second-order valence-electron chi connectivity index (χ2n) is 4.51. The number of allylic oxidation sites excluding steroid dienone is 3. The lowest BCUT2D eigenvalue weighted by atomic mass is 10.0. The largest absolute Gasteiger partial charge is 0.356 e. The van der Waals surface area contributed by atoms with Crippen molar-refractivity contribution in [2.24, 2.45) is 11.8 Å². The van der Waals surface area contributed by atoms with Crippen LogP contribution in [0.25, 0.3) is 0 Å². The lowest BCUT2D eigenvalue weighted by Gasteiger charge is -2.12. The molecule has 15 heavy (non-hydrogen) atoms. The highest BCUT2D eigenvalue weighted by molar-refractivity contribution is 5.53. The summed E-state index contributed by atoms with van der Waals surface area (Å²) in [5.41, 5.74) is 3.96. The van der Waals surface area contributed by atoms with Gasteiger partial charge in [0.2, 0.25) is 0 Å². The Kier molecular flexibility index (Phi) is 1.91. The fourth-order valence-electron chi connectivity index (χ4n) is 2.32. The maximum atomic E-state index is 3.45. The minimum atomic E-state index is 0.807. The van der Waals surface area contributed by atoms with Crippen LogP contribution in [0, 0.1) is 11.8 Å². The second kappa shape index (κ2) is 3.27. The van der Waals surface area contributed by atoms with Crippen LogP contribution < -0.4 is 5.32 Å². The molecule has 2 unspecified atom stereocenters. The molecule has 1 aromatic rings. The molecule has 3 rings (SSSR count). The number of hydrogen-bond acceptors (Lipinski definition) is 1. The van der Waals surface area contributed by atoms with Crippen LogP contribution in [0.15, 0.2) is 53.8 Å². The van der Waals surface area contributed by atoms with Crippen molar-refractivity contribution in [2.75, 3.05) is 5.32 Å². The molecule has 1 saturated carbocycles. The highest BCUT2D eigenvalue weighted by Gasteiger charge is 2.38. The fraction of sp³-hybridized carbons (Fsp3) is 0.286. The van der Waals surface area contributed by atoms with Gasteiger partial charge in [0.05, 0.1) is 0 Å². The van der Waals surface area contributed by atoms with Gasteiger partial charge in [-0.2, -0.15) is 0 Å². The van der Waals surface area contributed by atoms with Crippen LogP contribution in [0.4, 0.5) is 5.69 Å². The van der Waals surface area contributed by atoms with Gasteiger partial charge in [-0.1, -0.05) is 29.8 Å². The highest BCUT2D eigenvalue weighted by atomic mass is 14.9. The Labute approximate surface area is 90.5 Å². The Bertz CT molecular complexity index is 428. The number of benzene rings is 1. The molecule has 2 atom stereocenters. The van der Waals surface area contributed by atoms with E-state index in [1.807, 2.05) is 6.07 Å². The van der Waals surface area contributed by atoms with Gasteiger partial charge in [0.15, 0.2) is 0 Å². The van der Waals surface area contributed by atoms with Crippen molar-refractivity contribution in [3.63, 3.8) is 0 Å². The smallest absolute Gasteiger partial charge is 0.0384 e. The molecule has 2 aliphatic carbocycles. The Morgan fingerprint density at radius 3 is 2.73 bits per heavy atom. The standard InChI is InChI=1S/C14H15N/c1-10-7-13(8-11-9-14(10)11)15-12-5-3-2-4-6-12/h2-8,11,14-15H,9H2,1H3. The first-order valence-corrected chi connectivity index (χ1v) is 5.55. The van der Waals surface area contributed by atoms with Gasteiger partial charge in [-0.05, 0) is 43.4 Å². The van der Waals surface area contributed by atoms with E-state index in [0.29, 0.717) is 0 Å². The van der Waals surface area contributed by atoms with Crippen LogP contribution in [-0.2, 0) is 0 Å². The van der Waals surface area contributed by atoms with E-state index in [4.69, 9.17) is 0 Å². The van der Waals surface area contributed by atoms with Crippen LogP contribution in [0.3, 0.4) is 0 Å². The lowest BCUT2D eigenvalue weighted by Crippen LogP contribution is -2.02. The average molecular weight is 197 g/mol. The van der Waals surface area contributed by atoms with E-state index in [-0.39, 0.29) is 0 Å². The van der Waals surface area contributed by atoms with Crippen molar-refractivity contribution in [1.29, 1.82) is 0 Å². The summed E-state index contributed by atoms with van der Waals surface area (Å²) in [6.07, 6.45) is 5.99. The Morgan fingerprint density at radius 1 is 1.20 bits per heavy atom. The molecule has 0 aromatic heterocycles. The maximum absolute atomic E-state index is 3.45. The Balaban J connectivity index is 1.80. The summed E-state index contributed by atoms with van der Waals surface area (Å²) >= 11 is 0. The van der Waals surface area contributed by atoms with Gasteiger partial charge in [0.1, 0.15) is 0 Å². The van der Waals surface area contributed by atoms with Crippen LogP contribution in [0.2, 0.25) is 0 Å². The van der Waals surface area contributed by atoms with Crippen molar-refractivity contribution in [2.45, 2.75) is 13.3 Å². The van der Waals surface area contributed by atoms with Gasteiger partial charge >= 0.3 is 0 Å². The number of nitrogens with one attached hydrogen (secondary N) is 1. The number of hydrogen-bond donors (Lipinski definition) is 1. The quantitative estimate of drug-likeness (QED) is 0.764. The van der Waals surface area contributed by atoms with E-state index in [0.717, 1.165) is 11.8 Å². The predicted molar refractivity (Wildman–Crippen MR) is 63.5 cm³/mol. The van der Waals surface area contributed by atoms with Crippen molar-refractivity contribution in [3.8, 4) is 0 Å². The number of para-hydroxylation sites is 1. The van der Waals surface area contributed by atoms with E-state index < -0.39 is 0 Å². The lowest BCUT2D eigenvalue weighted by molar-refractivity contribution is 0.898. The fourth-order valence-corrected chi connectivity index (χ4v) is 2.32. The summed E-state index contributed by atoms with van der Waals surface area (Å²) in [6, 6.07) is 10.4. The highest BCUT2D eigenvalue weighted by Crippen LogP contribution is 2.48. The molecule has 0 amide bonds. The summed E-state index contributed by atoms with van der Waals surface area (Å²) in [4.78, 5) is 0. The van der Waals surface area contributed by atoms with Crippen LogP contribution >= 0.6 is 0 Å². The van der Waals surface area contributed by atoms with E-state index >= 15 is 0 Å². The van der Waals surface area contributed by atoms with Gasteiger partial charge in [-0.3, -0.25) is 0 Å². The van der Waals surface area contributed by atoms with Gasteiger partial charge < -0.3 is 5.32 Å². The van der Waals surface area contributed by atoms with Gasteiger partial charge in [-0.15, -0.1) is 0 Å². The molecule has 76 valence electrons. The Hall–Kier alpha value is -1.50.